The fraction of sp³-hybridized carbons (Fsp3) is 0.370. The first-order valence-corrected chi connectivity index (χ1v) is 11.7. The lowest BCUT2D eigenvalue weighted by atomic mass is 9.76. The molecule has 0 spiro atoms. The first kappa shape index (κ1) is 21.6. The normalized spacial score (nSPS) is 20.6. The molecule has 1 saturated carbocycles. The summed E-state index contributed by atoms with van der Waals surface area (Å²) in [5.74, 6) is -1.07. The number of nitrogens with zero attached hydrogens (tertiary/aromatic N) is 2. The van der Waals surface area contributed by atoms with Crippen LogP contribution in [0.2, 0.25) is 0 Å². The lowest BCUT2D eigenvalue weighted by Gasteiger charge is -2.33. The second-order valence-corrected chi connectivity index (χ2v) is 9.32. The number of benzene rings is 2. The number of rotatable bonds is 4. The zero-order valence-corrected chi connectivity index (χ0v) is 19.0. The second-order valence-electron chi connectivity index (χ2n) is 9.32. The minimum atomic E-state index is -0.740. The van der Waals surface area contributed by atoms with Crippen LogP contribution in [0.4, 0.5) is 4.39 Å². The van der Waals surface area contributed by atoms with Crippen molar-refractivity contribution in [1.82, 2.24) is 15.1 Å². The van der Waals surface area contributed by atoms with Crippen LogP contribution in [0.5, 0.6) is 0 Å². The Balaban J connectivity index is 1.58. The molecular formula is C27H28FN3O2. The molecule has 5 nitrogen and oxygen atoms in total. The van der Waals surface area contributed by atoms with E-state index in [1.54, 1.807) is 18.2 Å². The van der Waals surface area contributed by atoms with Crippen molar-refractivity contribution in [2.45, 2.75) is 64.0 Å². The topological polar surface area (TPSA) is 64.0 Å². The number of fused-ring (bicyclic) bond motifs is 1. The van der Waals surface area contributed by atoms with E-state index in [2.05, 4.69) is 10.00 Å². The molecule has 6 heteroatoms. The Morgan fingerprint density at radius 2 is 1.82 bits per heavy atom. The SMILES string of the molecule is Cc1cccc(C(=O)N[C@@H]2C(=O)Cc3c(c(C)nn3C3CCCC3)[C@@H]2c2ccc(F)cc2)c1. The molecule has 1 aromatic heterocycles. The van der Waals surface area contributed by atoms with Crippen LogP contribution in [0, 0.1) is 19.7 Å². The molecule has 2 aliphatic rings. The highest BCUT2D eigenvalue weighted by atomic mass is 19.1. The van der Waals surface area contributed by atoms with Crippen molar-refractivity contribution in [3.63, 3.8) is 0 Å². The summed E-state index contributed by atoms with van der Waals surface area (Å²) in [5.41, 5.74) is 5.10. The minimum Gasteiger partial charge on any atom is -0.341 e. The van der Waals surface area contributed by atoms with Gasteiger partial charge in [-0.1, -0.05) is 42.7 Å². The van der Waals surface area contributed by atoms with Gasteiger partial charge < -0.3 is 5.32 Å². The van der Waals surface area contributed by atoms with Gasteiger partial charge in [-0.05, 0) is 56.5 Å². The van der Waals surface area contributed by atoms with Crippen molar-refractivity contribution >= 4 is 11.7 Å². The maximum atomic E-state index is 13.7. The molecule has 0 radical (unpaired) electrons. The molecule has 170 valence electrons. The molecule has 0 aliphatic heterocycles. The predicted molar refractivity (Wildman–Crippen MR) is 124 cm³/mol. The van der Waals surface area contributed by atoms with Gasteiger partial charge in [0.05, 0.1) is 29.9 Å². The Bertz CT molecular complexity index is 1210. The van der Waals surface area contributed by atoms with Gasteiger partial charge in [-0.3, -0.25) is 14.3 Å². The standard InChI is InChI=1S/C27H28FN3O2/c1-16-6-5-7-19(14-16)27(33)29-26-23(32)15-22-24(25(26)18-10-12-20(28)13-11-18)17(2)30-31(22)21-8-3-4-9-21/h5-7,10-14,21,25-26H,3-4,8-9,15H2,1-2H3,(H,29,33)/t25-,26+/m0/s1. The highest BCUT2D eigenvalue weighted by molar-refractivity contribution is 5.99. The van der Waals surface area contributed by atoms with E-state index >= 15 is 0 Å². The molecule has 2 aliphatic carbocycles. The molecule has 0 saturated heterocycles. The van der Waals surface area contributed by atoms with Crippen molar-refractivity contribution in [3.8, 4) is 0 Å². The molecule has 5 rings (SSSR count). The predicted octanol–water partition coefficient (Wildman–Crippen LogP) is 4.81. The number of carbonyl (C=O) groups excluding carboxylic acids is 2. The van der Waals surface area contributed by atoms with Crippen molar-refractivity contribution < 1.29 is 14.0 Å². The molecule has 2 atom stereocenters. The van der Waals surface area contributed by atoms with E-state index in [4.69, 9.17) is 5.10 Å². The molecule has 3 aromatic rings. The number of carbonyl (C=O) groups is 2. The van der Waals surface area contributed by atoms with E-state index in [9.17, 15) is 14.0 Å². The van der Waals surface area contributed by atoms with Crippen LogP contribution in [0.15, 0.2) is 48.5 Å². The number of nitrogens with one attached hydrogen (secondary N) is 1. The molecule has 0 bridgehead atoms. The smallest absolute Gasteiger partial charge is 0.251 e. The third-order valence-electron chi connectivity index (χ3n) is 7.03. The van der Waals surface area contributed by atoms with Gasteiger partial charge in [0.1, 0.15) is 5.82 Å². The summed E-state index contributed by atoms with van der Waals surface area (Å²) in [5, 5.41) is 7.87. The van der Waals surface area contributed by atoms with Crippen molar-refractivity contribution in [2.75, 3.05) is 0 Å². The average molecular weight is 446 g/mol. The molecule has 1 N–H and O–H groups in total. The third-order valence-corrected chi connectivity index (χ3v) is 7.03. The highest BCUT2D eigenvalue weighted by Crippen LogP contribution is 2.41. The number of ketones is 1. The number of hydrogen-bond donors (Lipinski definition) is 1. The zero-order chi connectivity index (χ0) is 23.1. The molecule has 0 unspecified atom stereocenters. The highest BCUT2D eigenvalue weighted by Gasteiger charge is 2.42. The number of amides is 1. The van der Waals surface area contributed by atoms with Crippen LogP contribution >= 0.6 is 0 Å². The van der Waals surface area contributed by atoms with Crippen molar-refractivity contribution in [1.29, 1.82) is 0 Å². The van der Waals surface area contributed by atoms with Crippen LogP contribution in [0.3, 0.4) is 0 Å². The Morgan fingerprint density at radius 1 is 1.09 bits per heavy atom. The monoisotopic (exact) mass is 445 g/mol. The van der Waals surface area contributed by atoms with Gasteiger partial charge in [-0.15, -0.1) is 0 Å². The maximum Gasteiger partial charge on any atom is 0.251 e. The Labute approximate surface area is 193 Å². The number of Topliss-reactive ketones (excluding diaryl/α,β-unsaturated/α-hetero) is 1. The fourth-order valence-corrected chi connectivity index (χ4v) is 5.47. The molecule has 1 heterocycles. The van der Waals surface area contributed by atoms with Crippen LogP contribution < -0.4 is 5.32 Å². The van der Waals surface area contributed by atoms with Crippen molar-refractivity contribution in [2.24, 2.45) is 0 Å². The van der Waals surface area contributed by atoms with Gasteiger partial charge in [-0.2, -0.15) is 5.10 Å². The van der Waals surface area contributed by atoms with Crippen LogP contribution in [0.1, 0.15) is 76.1 Å². The largest absolute Gasteiger partial charge is 0.341 e. The fourth-order valence-electron chi connectivity index (χ4n) is 5.47. The Kier molecular flexibility index (Phi) is 5.60. The summed E-state index contributed by atoms with van der Waals surface area (Å²) in [7, 11) is 0. The summed E-state index contributed by atoms with van der Waals surface area (Å²) >= 11 is 0. The van der Waals surface area contributed by atoms with Gasteiger partial charge in [0.25, 0.3) is 5.91 Å². The van der Waals surface area contributed by atoms with Gasteiger partial charge in [0, 0.05) is 17.0 Å². The van der Waals surface area contributed by atoms with Gasteiger partial charge in [0.15, 0.2) is 5.78 Å². The first-order chi connectivity index (χ1) is 15.9. The van der Waals surface area contributed by atoms with Crippen LogP contribution in [-0.4, -0.2) is 27.5 Å². The lowest BCUT2D eigenvalue weighted by Crippen LogP contribution is -2.49. The average Bonchev–Trinajstić information content (AvgIpc) is 3.43. The van der Waals surface area contributed by atoms with E-state index in [1.165, 1.54) is 25.0 Å². The van der Waals surface area contributed by atoms with E-state index in [0.29, 0.717) is 11.6 Å². The number of aromatic nitrogens is 2. The molecule has 1 amide bonds. The van der Waals surface area contributed by atoms with Gasteiger partial charge in [-0.25, -0.2) is 4.39 Å². The van der Waals surface area contributed by atoms with Gasteiger partial charge >= 0.3 is 0 Å². The molecule has 1 fully saturated rings. The third kappa shape index (κ3) is 3.99. The molecule has 33 heavy (non-hydrogen) atoms. The summed E-state index contributed by atoms with van der Waals surface area (Å²) in [6.45, 7) is 3.90. The van der Waals surface area contributed by atoms with Crippen LogP contribution in [0.25, 0.3) is 0 Å². The first-order valence-electron chi connectivity index (χ1n) is 11.7. The van der Waals surface area contributed by atoms with E-state index in [0.717, 1.165) is 40.9 Å². The van der Waals surface area contributed by atoms with E-state index in [-0.39, 0.29) is 23.9 Å². The maximum absolute atomic E-state index is 13.7. The quantitative estimate of drug-likeness (QED) is 0.627. The number of hydrogen-bond acceptors (Lipinski definition) is 3. The molecule has 2 aromatic carbocycles. The molecular weight excluding hydrogens is 417 g/mol. The minimum absolute atomic E-state index is 0.0445. The zero-order valence-electron chi connectivity index (χ0n) is 19.0. The van der Waals surface area contributed by atoms with Crippen molar-refractivity contribution in [3.05, 3.63) is 88.0 Å². The van der Waals surface area contributed by atoms with E-state index < -0.39 is 12.0 Å². The number of halogens is 1. The summed E-state index contributed by atoms with van der Waals surface area (Å²) in [6, 6.07) is 13.1. The Morgan fingerprint density at radius 3 is 2.52 bits per heavy atom. The lowest BCUT2D eigenvalue weighted by molar-refractivity contribution is -0.121. The Hall–Kier alpha value is -3.28. The van der Waals surface area contributed by atoms with E-state index in [1.807, 2.05) is 32.0 Å². The second kappa shape index (κ2) is 8.58. The number of aryl methyl sites for hydroxylation is 2. The summed E-state index contributed by atoms with van der Waals surface area (Å²) in [6.07, 6.45) is 4.71. The van der Waals surface area contributed by atoms with Gasteiger partial charge in [0.2, 0.25) is 0 Å². The summed E-state index contributed by atoms with van der Waals surface area (Å²) in [4.78, 5) is 26.6. The van der Waals surface area contributed by atoms with Crippen LogP contribution in [-0.2, 0) is 11.2 Å². The summed E-state index contributed by atoms with van der Waals surface area (Å²) < 4.78 is 15.8.